The lowest BCUT2D eigenvalue weighted by Gasteiger charge is -2.30. The summed E-state index contributed by atoms with van der Waals surface area (Å²) >= 11 is 0. The molecule has 1 aliphatic carbocycles. The van der Waals surface area contributed by atoms with E-state index in [1.165, 1.54) is 31.6 Å². The molecule has 2 aromatic heterocycles. The van der Waals surface area contributed by atoms with Crippen molar-refractivity contribution in [2.45, 2.75) is 45.6 Å². The van der Waals surface area contributed by atoms with Crippen molar-refractivity contribution in [1.29, 1.82) is 0 Å². The van der Waals surface area contributed by atoms with Crippen molar-refractivity contribution in [3.63, 3.8) is 0 Å². The first kappa shape index (κ1) is 19.4. The van der Waals surface area contributed by atoms with Crippen molar-refractivity contribution in [2.24, 2.45) is 11.8 Å². The molecule has 1 fully saturated rings. The van der Waals surface area contributed by atoms with Gasteiger partial charge in [0, 0.05) is 30.0 Å². The standard InChI is InChI=1S/C22H27N5O2/c1-14(2)15-4-6-18(7-5-15)27-12-16-8-20(21(29-3)9-19(16)26-27)25-22(28)17-10-23-13-24-11-17/h8-15,18H,4-7H2,1-3H3,(H,25,28). The average Bonchev–Trinajstić information content (AvgIpc) is 3.16. The fraction of sp³-hybridized carbons (Fsp3) is 0.455. The molecule has 3 aromatic rings. The van der Waals surface area contributed by atoms with E-state index in [0.29, 0.717) is 23.0 Å². The van der Waals surface area contributed by atoms with Crippen LogP contribution >= 0.6 is 0 Å². The van der Waals surface area contributed by atoms with Crippen molar-refractivity contribution in [2.75, 3.05) is 12.4 Å². The van der Waals surface area contributed by atoms with Gasteiger partial charge in [0.05, 0.1) is 29.9 Å². The van der Waals surface area contributed by atoms with Gasteiger partial charge in [0.25, 0.3) is 5.91 Å². The number of ether oxygens (including phenoxy) is 1. The Labute approximate surface area is 170 Å². The first-order valence-corrected chi connectivity index (χ1v) is 10.2. The van der Waals surface area contributed by atoms with Crippen molar-refractivity contribution in [1.82, 2.24) is 19.7 Å². The summed E-state index contributed by atoms with van der Waals surface area (Å²) in [4.78, 5) is 20.3. The van der Waals surface area contributed by atoms with Gasteiger partial charge in [-0.15, -0.1) is 0 Å². The number of aromatic nitrogens is 4. The van der Waals surface area contributed by atoms with Crippen molar-refractivity contribution in [3.05, 3.63) is 42.6 Å². The van der Waals surface area contributed by atoms with E-state index in [-0.39, 0.29) is 5.91 Å². The van der Waals surface area contributed by atoms with Gasteiger partial charge < -0.3 is 10.1 Å². The summed E-state index contributed by atoms with van der Waals surface area (Å²) < 4.78 is 7.58. The van der Waals surface area contributed by atoms with Gasteiger partial charge in [0.2, 0.25) is 0 Å². The molecule has 1 saturated carbocycles. The van der Waals surface area contributed by atoms with E-state index in [4.69, 9.17) is 9.84 Å². The molecule has 0 atom stereocenters. The van der Waals surface area contributed by atoms with Crippen LogP contribution in [0.1, 0.15) is 55.9 Å². The Morgan fingerprint density at radius 3 is 2.55 bits per heavy atom. The number of hydrogen-bond donors (Lipinski definition) is 1. The van der Waals surface area contributed by atoms with Crippen LogP contribution in [0.2, 0.25) is 0 Å². The second-order valence-electron chi connectivity index (χ2n) is 8.11. The van der Waals surface area contributed by atoms with Gasteiger partial charge in [0.15, 0.2) is 0 Å². The maximum atomic E-state index is 12.5. The largest absolute Gasteiger partial charge is 0.494 e. The zero-order valence-electron chi connectivity index (χ0n) is 17.1. The number of anilines is 1. The summed E-state index contributed by atoms with van der Waals surface area (Å²) in [5, 5.41) is 8.68. The van der Waals surface area contributed by atoms with Crippen molar-refractivity contribution >= 4 is 22.5 Å². The van der Waals surface area contributed by atoms with Gasteiger partial charge in [-0.1, -0.05) is 13.8 Å². The molecule has 0 bridgehead atoms. The molecule has 0 aliphatic heterocycles. The molecule has 1 N–H and O–H groups in total. The van der Waals surface area contributed by atoms with Crippen LogP contribution in [0.3, 0.4) is 0 Å². The first-order valence-electron chi connectivity index (χ1n) is 10.2. The highest BCUT2D eigenvalue weighted by atomic mass is 16.5. The highest BCUT2D eigenvalue weighted by molar-refractivity contribution is 6.05. The molecule has 0 radical (unpaired) electrons. The molecule has 4 rings (SSSR count). The number of nitrogens with one attached hydrogen (secondary N) is 1. The van der Waals surface area contributed by atoms with Crippen LogP contribution < -0.4 is 10.1 Å². The Morgan fingerprint density at radius 2 is 1.90 bits per heavy atom. The van der Waals surface area contributed by atoms with Crippen molar-refractivity contribution in [3.8, 4) is 5.75 Å². The molecular weight excluding hydrogens is 366 g/mol. The highest BCUT2D eigenvalue weighted by Gasteiger charge is 2.25. The van der Waals surface area contributed by atoms with Gasteiger partial charge in [-0.2, -0.15) is 5.10 Å². The summed E-state index contributed by atoms with van der Waals surface area (Å²) in [7, 11) is 1.59. The molecule has 29 heavy (non-hydrogen) atoms. The van der Waals surface area contributed by atoms with Gasteiger partial charge in [-0.25, -0.2) is 9.97 Å². The predicted octanol–water partition coefficient (Wildman–Crippen LogP) is 4.47. The number of hydrogen-bond acceptors (Lipinski definition) is 5. The summed E-state index contributed by atoms with van der Waals surface area (Å²) in [6.07, 6.45) is 11.3. The SMILES string of the molecule is COc1cc2nn(C3CCC(C(C)C)CC3)cc2cc1NC(=O)c1cncnc1. The molecule has 2 heterocycles. The summed E-state index contributed by atoms with van der Waals surface area (Å²) in [6, 6.07) is 4.23. The second kappa shape index (κ2) is 8.19. The smallest absolute Gasteiger partial charge is 0.258 e. The molecule has 7 heteroatoms. The molecule has 0 spiro atoms. The fourth-order valence-electron chi connectivity index (χ4n) is 4.17. The Hall–Kier alpha value is -2.96. The zero-order valence-corrected chi connectivity index (χ0v) is 17.1. The van der Waals surface area contributed by atoms with Crippen LogP contribution in [0, 0.1) is 11.8 Å². The van der Waals surface area contributed by atoms with E-state index in [0.717, 1.165) is 35.6 Å². The summed E-state index contributed by atoms with van der Waals surface area (Å²) in [5.41, 5.74) is 1.87. The molecule has 0 saturated heterocycles. The minimum atomic E-state index is -0.275. The average molecular weight is 393 g/mol. The van der Waals surface area contributed by atoms with E-state index in [1.807, 2.05) is 12.1 Å². The Morgan fingerprint density at radius 1 is 1.17 bits per heavy atom. The number of carbonyl (C=O) groups is 1. The van der Waals surface area contributed by atoms with Crippen LogP contribution in [0.25, 0.3) is 10.9 Å². The number of methoxy groups -OCH3 is 1. The topological polar surface area (TPSA) is 81.9 Å². The maximum absolute atomic E-state index is 12.5. The number of amides is 1. The van der Waals surface area contributed by atoms with Gasteiger partial charge in [-0.3, -0.25) is 9.48 Å². The number of fused-ring (bicyclic) bond motifs is 1. The highest BCUT2D eigenvalue weighted by Crippen LogP contribution is 2.37. The number of benzene rings is 1. The van der Waals surface area contributed by atoms with Gasteiger partial charge >= 0.3 is 0 Å². The van der Waals surface area contributed by atoms with Gasteiger partial charge in [0.1, 0.15) is 12.1 Å². The number of nitrogens with zero attached hydrogens (tertiary/aromatic N) is 4. The lowest BCUT2D eigenvalue weighted by Crippen LogP contribution is -2.21. The molecule has 1 aromatic carbocycles. The summed E-state index contributed by atoms with van der Waals surface area (Å²) in [5.74, 6) is 1.87. The zero-order chi connectivity index (χ0) is 20.4. The van der Waals surface area contributed by atoms with Crippen LogP contribution in [0.15, 0.2) is 37.1 Å². The quantitative estimate of drug-likeness (QED) is 0.691. The Kier molecular flexibility index (Phi) is 5.47. The molecule has 1 amide bonds. The van der Waals surface area contributed by atoms with Gasteiger partial charge in [-0.05, 0) is 43.6 Å². The monoisotopic (exact) mass is 393 g/mol. The second-order valence-corrected chi connectivity index (χ2v) is 8.11. The Balaban J connectivity index is 1.57. The third-order valence-electron chi connectivity index (χ3n) is 5.97. The van der Waals surface area contributed by atoms with E-state index in [1.54, 1.807) is 7.11 Å². The fourth-order valence-corrected chi connectivity index (χ4v) is 4.17. The maximum Gasteiger partial charge on any atom is 0.258 e. The first-order chi connectivity index (χ1) is 14.0. The number of carbonyl (C=O) groups excluding carboxylic acids is 1. The lowest BCUT2D eigenvalue weighted by atomic mass is 9.80. The van der Waals surface area contributed by atoms with Crippen LogP contribution in [-0.2, 0) is 0 Å². The van der Waals surface area contributed by atoms with E-state index < -0.39 is 0 Å². The molecular formula is C22H27N5O2. The van der Waals surface area contributed by atoms with Crippen LogP contribution in [0.4, 0.5) is 5.69 Å². The Bertz CT molecular complexity index is 991. The lowest BCUT2D eigenvalue weighted by molar-refractivity contribution is 0.102. The van der Waals surface area contributed by atoms with Crippen LogP contribution in [0.5, 0.6) is 5.75 Å². The third-order valence-corrected chi connectivity index (χ3v) is 5.97. The molecule has 0 unspecified atom stereocenters. The van der Waals surface area contributed by atoms with E-state index in [2.05, 4.69) is 40.0 Å². The van der Waals surface area contributed by atoms with Crippen LogP contribution in [-0.4, -0.2) is 32.8 Å². The van der Waals surface area contributed by atoms with E-state index >= 15 is 0 Å². The molecule has 1 aliphatic rings. The number of rotatable bonds is 5. The third kappa shape index (κ3) is 4.09. The normalized spacial score (nSPS) is 19.4. The minimum absolute atomic E-state index is 0.275. The van der Waals surface area contributed by atoms with Crippen molar-refractivity contribution < 1.29 is 9.53 Å². The van der Waals surface area contributed by atoms with E-state index in [9.17, 15) is 4.79 Å². The molecule has 7 nitrogen and oxygen atoms in total. The molecule has 152 valence electrons. The summed E-state index contributed by atoms with van der Waals surface area (Å²) in [6.45, 7) is 4.63. The minimum Gasteiger partial charge on any atom is -0.494 e. The predicted molar refractivity (Wildman–Crippen MR) is 112 cm³/mol.